The molecule has 0 saturated heterocycles. The quantitative estimate of drug-likeness (QED) is 0.630. The first-order valence-electron chi connectivity index (χ1n) is 7.37. The van der Waals surface area contributed by atoms with Crippen molar-refractivity contribution in [3.63, 3.8) is 0 Å². The zero-order valence-corrected chi connectivity index (χ0v) is 12.7. The number of fused-ring (bicyclic) bond motifs is 1. The van der Waals surface area contributed by atoms with Crippen LogP contribution in [0.5, 0.6) is 0 Å². The Balaban J connectivity index is 1.91. The summed E-state index contributed by atoms with van der Waals surface area (Å²) in [7, 11) is 1.91. The topological polar surface area (TPSA) is 74.0 Å². The van der Waals surface area contributed by atoms with E-state index in [4.69, 9.17) is 5.73 Å². The molecular formula is C17H16N6. The van der Waals surface area contributed by atoms with Crippen molar-refractivity contribution in [1.82, 2.24) is 24.4 Å². The highest BCUT2D eigenvalue weighted by Gasteiger charge is 2.10. The van der Waals surface area contributed by atoms with Crippen LogP contribution in [0.25, 0.3) is 28.0 Å². The lowest BCUT2D eigenvalue weighted by atomic mass is 10.0. The molecule has 0 aliphatic heterocycles. The summed E-state index contributed by atoms with van der Waals surface area (Å²) in [4.78, 5) is 0. The Labute approximate surface area is 133 Å². The first kappa shape index (κ1) is 13.7. The fraction of sp³-hybridized carbons (Fsp3) is 0.118. The molecule has 3 heterocycles. The van der Waals surface area contributed by atoms with Gasteiger partial charge in [-0.1, -0.05) is 24.3 Å². The Hall–Kier alpha value is -2.99. The number of rotatable bonds is 3. The molecule has 6 heteroatoms. The summed E-state index contributed by atoms with van der Waals surface area (Å²) in [6.07, 6.45) is 5.57. The fourth-order valence-electron chi connectivity index (χ4n) is 2.70. The predicted octanol–water partition coefficient (Wildman–Crippen LogP) is 2.26. The van der Waals surface area contributed by atoms with Crippen molar-refractivity contribution < 1.29 is 0 Å². The van der Waals surface area contributed by atoms with Crippen molar-refractivity contribution in [1.29, 1.82) is 0 Å². The van der Waals surface area contributed by atoms with Gasteiger partial charge in [-0.25, -0.2) is 0 Å². The molecule has 0 bridgehead atoms. The number of aromatic nitrogens is 5. The van der Waals surface area contributed by atoms with Gasteiger partial charge in [0, 0.05) is 25.4 Å². The minimum atomic E-state index is 0.540. The first-order valence-corrected chi connectivity index (χ1v) is 7.37. The SMILES string of the molecule is Cn1cc(-c2cc(-c3ccc(CN)cc3)n3cnnc3c2)cn1. The molecule has 3 aromatic heterocycles. The van der Waals surface area contributed by atoms with E-state index in [0.717, 1.165) is 33.6 Å². The Kier molecular flexibility index (Phi) is 3.17. The summed E-state index contributed by atoms with van der Waals surface area (Å²) in [6, 6.07) is 12.4. The molecule has 0 amide bonds. The summed E-state index contributed by atoms with van der Waals surface area (Å²) in [5.41, 5.74) is 11.9. The highest BCUT2D eigenvalue weighted by atomic mass is 15.2. The maximum absolute atomic E-state index is 5.68. The summed E-state index contributed by atoms with van der Waals surface area (Å²) < 4.78 is 3.77. The summed E-state index contributed by atoms with van der Waals surface area (Å²) >= 11 is 0. The number of benzene rings is 1. The third kappa shape index (κ3) is 2.39. The van der Waals surface area contributed by atoms with Gasteiger partial charge in [0.15, 0.2) is 5.65 Å². The Morgan fingerprint density at radius 1 is 1.04 bits per heavy atom. The minimum absolute atomic E-state index is 0.540. The monoisotopic (exact) mass is 304 g/mol. The van der Waals surface area contributed by atoms with Gasteiger partial charge in [-0.05, 0) is 28.8 Å². The first-order chi connectivity index (χ1) is 11.2. The average molecular weight is 304 g/mol. The Morgan fingerprint density at radius 2 is 1.87 bits per heavy atom. The Morgan fingerprint density at radius 3 is 2.57 bits per heavy atom. The molecule has 4 aromatic rings. The van der Waals surface area contributed by atoms with Crippen molar-refractivity contribution in [2.24, 2.45) is 12.8 Å². The second-order valence-electron chi connectivity index (χ2n) is 5.49. The molecule has 1 aromatic carbocycles. The van der Waals surface area contributed by atoms with Crippen LogP contribution in [0.3, 0.4) is 0 Å². The van der Waals surface area contributed by atoms with E-state index in [1.807, 2.05) is 42.0 Å². The fourth-order valence-corrected chi connectivity index (χ4v) is 2.70. The number of hydrogen-bond acceptors (Lipinski definition) is 4. The van der Waals surface area contributed by atoms with Crippen LogP contribution >= 0.6 is 0 Å². The van der Waals surface area contributed by atoms with Gasteiger partial charge in [0.2, 0.25) is 0 Å². The molecule has 23 heavy (non-hydrogen) atoms. The van der Waals surface area contributed by atoms with Crippen LogP contribution in [0.4, 0.5) is 0 Å². The number of aryl methyl sites for hydroxylation is 1. The molecule has 0 fully saturated rings. The lowest BCUT2D eigenvalue weighted by Gasteiger charge is -2.09. The zero-order valence-electron chi connectivity index (χ0n) is 12.7. The third-order valence-electron chi connectivity index (χ3n) is 3.93. The number of nitrogens with two attached hydrogens (primary N) is 1. The zero-order chi connectivity index (χ0) is 15.8. The summed E-state index contributed by atoms with van der Waals surface area (Å²) in [6.45, 7) is 0.540. The largest absolute Gasteiger partial charge is 0.326 e. The van der Waals surface area contributed by atoms with E-state index in [0.29, 0.717) is 6.54 Å². The van der Waals surface area contributed by atoms with Crippen LogP contribution in [-0.4, -0.2) is 24.4 Å². The maximum atomic E-state index is 5.68. The molecule has 2 N–H and O–H groups in total. The molecule has 0 aliphatic carbocycles. The Bertz CT molecular complexity index is 964. The normalized spacial score (nSPS) is 11.2. The van der Waals surface area contributed by atoms with Gasteiger partial charge in [-0.2, -0.15) is 5.10 Å². The molecule has 0 aliphatic rings. The van der Waals surface area contributed by atoms with E-state index in [-0.39, 0.29) is 0 Å². The molecule has 0 atom stereocenters. The van der Waals surface area contributed by atoms with Crippen molar-refractivity contribution in [2.45, 2.75) is 6.54 Å². The molecule has 0 spiro atoms. The van der Waals surface area contributed by atoms with E-state index in [1.165, 1.54) is 0 Å². The lowest BCUT2D eigenvalue weighted by Crippen LogP contribution is -1.96. The van der Waals surface area contributed by atoms with E-state index in [1.54, 1.807) is 11.0 Å². The van der Waals surface area contributed by atoms with Crippen LogP contribution in [0.15, 0.2) is 55.1 Å². The maximum Gasteiger partial charge on any atom is 0.161 e. The highest BCUT2D eigenvalue weighted by Crippen LogP contribution is 2.28. The number of nitrogens with zero attached hydrogens (tertiary/aromatic N) is 5. The van der Waals surface area contributed by atoms with Crippen LogP contribution in [0.1, 0.15) is 5.56 Å². The molecule has 114 valence electrons. The van der Waals surface area contributed by atoms with Gasteiger partial charge in [-0.15, -0.1) is 10.2 Å². The second-order valence-corrected chi connectivity index (χ2v) is 5.49. The van der Waals surface area contributed by atoms with E-state index in [9.17, 15) is 0 Å². The predicted molar refractivity (Wildman–Crippen MR) is 88.5 cm³/mol. The van der Waals surface area contributed by atoms with Crippen LogP contribution < -0.4 is 5.73 Å². The van der Waals surface area contributed by atoms with Crippen LogP contribution in [-0.2, 0) is 13.6 Å². The molecule has 4 rings (SSSR count). The van der Waals surface area contributed by atoms with Crippen molar-refractivity contribution in [3.05, 3.63) is 60.7 Å². The number of pyridine rings is 1. The van der Waals surface area contributed by atoms with Gasteiger partial charge in [0.05, 0.1) is 11.9 Å². The lowest BCUT2D eigenvalue weighted by molar-refractivity contribution is 0.768. The number of hydrogen-bond donors (Lipinski definition) is 1. The van der Waals surface area contributed by atoms with Crippen molar-refractivity contribution >= 4 is 5.65 Å². The summed E-state index contributed by atoms with van der Waals surface area (Å²) in [5, 5.41) is 12.5. The van der Waals surface area contributed by atoms with Crippen molar-refractivity contribution in [2.75, 3.05) is 0 Å². The molecule has 6 nitrogen and oxygen atoms in total. The third-order valence-corrected chi connectivity index (χ3v) is 3.93. The summed E-state index contributed by atoms with van der Waals surface area (Å²) in [5.74, 6) is 0. The molecule has 0 radical (unpaired) electrons. The second kappa shape index (κ2) is 5.33. The van der Waals surface area contributed by atoms with Crippen LogP contribution in [0, 0.1) is 0 Å². The smallest absolute Gasteiger partial charge is 0.161 e. The van der Waals surface area contributed by atoms with Gasteiger partial charge in [-0.3, -0.25) is 9.08 Å². The van der Waals surface area contributed by atoms with Gasteiger partial charge >= 0.3 is 0 Å². The molecule has 0 saturated carbocycles. The standard InChI is InChI=1S/C17H16N6/c1-22-10-15(9-20-22)14-6-16(23-11-19-21-17(23)7-14)13-4-2-12(8-18)3-5-13/h2-7,9-11H,8,18H2,1H3. The van der Waals surface area contributed by atoms with Crippen LogP contribution in [0.2, 0.25) is 0 Å². The van der Waals surface area contributed by atoms with Gasteiger partial charge < -0.3 is 5.73 Å². The van der Waals surface area contributed by atoms with E-state index < -0.39 is 0 Å². The highest BCUT2D eigenvalue weighted by molar-refractivity contribution is 5.74. The van der Waals surface area contributed by atoms with Gasteiger partial charge in [0.25, 0.3) is 0 Å². The molecular weight excluding hydrogens is 288 g/mol. The van der Waals surface area contributed by atoms with E-state index >= 15 is 0 Å². The molecule has 0 unspecified atom stereocenters. The minimum Gasteiger partial charge on any atom is -0.326 e. The van der Waals surface area contributed by atoms with Gasteiger partial charge in [0.1, 0.15) is 6.33 Å². The van der Waals surface area contributed by atoms with Crippen molar-refractivity contribution in [3.8, 4) is 22.4 Å². The van der Waals surface area contributed by atoms with E-state index in [2.05, 4.69) is 33.5 Å². The average Bonchev–Trinajstić information content (AvgIpc) is 3.22.